The molecule has 0 bridgehead atoms. The predicted octanol–water partition coefficient (Wildman–Crippen LogP) is 1.35. The van der Waals surface area contributed by atoms with Crippen molar-refractivity contribution in [2.75, 3.05) is 30.8 Å². The van der Waals surface area contributed by atoms with Crippen LogP contribution in [-0.2, 0) is 0 Å². The average molecular weight is 254 g/mol. The second-order valence-corrected chi connectivity index (χ2v) is 4.33. The Hall–Kier alpha value is -1.56. The van der Waals surface area contributed by atoms with E-state index in [1.807, 2.05) is 20.8 Å². The van der Waals surface area contributed by atoms with Crippen molar-refractivity contribution in [2.45, 2.75) is 26.9 Å². The Morgan fingerprint density at radius 1 is 1.28 bits per heavy atom. The minimum absolute atomic E-state index is 0.193. The Balaban J connectivity index is 2.78. The fourth-order valence-corrected chi connectivity index (χ4v) is 1.42. The van der Waals surface area contributed by atoms with Crippen molar-refractivity contribution in [3.05, 3.63) is 6.33 Å². The number of hydrogen-bond donors (Lipinski definition) is 3. The van der Waals surface area contributed by atoms with Crippen LogP contribution in [0.25, 0.3) is 0 Å². The lowest BCUT2D eigenvalue weighted by Gasteiger charge is -2.17. The molecule has 3 N–H and O–H groups in total. The Labute approximate surface area is 108 Å². The van der Waals surface area contributed by atoms with E-state index in [0.29, 0.717) is 23.9 Å². The van der Waals surface area contributed by atoms with Gasteiger partial charge >= 0.3 is 0 Å². The number of hydrogen-bond acceptors (Lipinski definition) is 6. The van der Waals surface area contributed by atoms with E-state index in [9.17, 15) is 5.11 Å². The van der Waals surface area contributed by atoms with Crippen LogP contribution in [0.2, 0.25) is 0 Å². The number of nitrogens with zero attached hydrogens (tertiary/aromatic N) is 2. The standard InChI is InChI=1S/C12H22N4O2/c1-5-13-11-10(18-4)12(16-7-15-11)14-6-9(17)8(2)3/h7-9,17H,5-6H2,1-4H3,(H2,13,14,15,16). The number of rotatable bonds is 7. The SMILES string of the molecule is CCNc1ncnc(NCC(O)C(C)C)c1OC. The molecule has 0 radical (unpaired) electrons. The van der Waals surface area contributed by atoms with E-state index in [0.717, 1.165) is 6.54 Å². The summed E-state index contributed by atoms with van der Waals surface area (Å²) in [5.74, 6) is 1.99. The van der Waals surface area contributed by atoms with Crippen LogP contribution < -0.4 is 15.4 Å². The second kappa shape index (κ2) is 7.00. The molecule has 6 heteroatoms. The first-order valence-corrected chi connectivity index (χ1v) is 6.14. The maximum Gasteiger partial charge on any atom is 0.204 e. The number of anilines is 2. The molecule has 1 aromatic rings. The normalized spacial score (nSPS) is 12.3. The molecule has 1 heterocycles. The zero-order valence-corrected chi connectivity index (χ0v) is 11.4. The van der Waals surface area contributed by atoms with Crippen LogP contribution in [-0.4, -0.2) is 41.4 Å². The molecule has 102 valence electrons. The van der Waals surface area contributed by atoms with Crippen molar-refractivity contribution in [1.29, 1.82) is 0 Å². The lowest BCUT2D eigenvalue weighted by molar-refractivity contribution is 0.137. The summed E-state index contributed by atoms with van der Waals surface area (Å²) in [4.78, 5) is 8.24. The third-order valence-corrected chi connectivity index (χ3v) is 2.60. The van der Waals surface area contributed by atoms with Crippen LogP contribution >= 0.6 is 0 Å². The van der Waals surface area contributed by atoms with Gasteiger partial charge in [0.15, 0.2) is 11.6 Å². The minimum Gasteiger partial charge on any atom is -0.490 e. The summed E-state index contributed by atoms with van der Waals surface area (Å²) in [5, 5.41) is 15.9. The Morgan fingerprint density at radius 3 is 2.39 bits per heavy atom. The van der Waals surface area contributed by atoms with Gasteiger partial charge in [0.25, 0.3) is 0 Å². The van der Waals surface area contributed by atoms with Gasteiger partial charge in [-0.25, -0.2) is 9.97 Å². The topological polar surface area (TPSA) is 79.3 Å². The highest BCUT2D eigenvalue weighted by molar-refractivity contribution is 5.63. The largest absolute Gasteiger partial charge is 0.490 e. The molecule has 0 amide bonds. The van der Waals surface area contributed by atoms with Crippen LogP contribution in [0.1, 0.15) is 20.8 Å². The van der Waals surface area contributed by atoms with Crippen LogP contribution in [0.15, 0.2) is 6.33 Å². The van der Waals surface area contributed by atoms with E-state index in [1.54, 1.807) is 7.11 Å². The van der Waals surface area contributed by atoms with Gasteiger partial charge in [-0.1, -0.05) is 13.8 Å². The van der Waals surface area contributed by atoms with E-state index in [1.165, 1.54) is 6.33 Å². The summed E-state index contributed by atoms with van der Waals surface area (Å²) in [5.41, 5.74) is 0. The van der Waals surface area contributed by atoms with Gasteiger partial charge in [-0.2, -0.15) is 0 Å². The zero-order valence-electron chi connectivity index (χ0n) is 11.4. The van der Waals surface area contributed by atoms with Crippen molar-refractivity contribution in [1.82, 2.24) is 9.97 Å². The van der Waals surface area contributed by atoms with Gasteiger partial charge in [0.1, 0.15) is 6.33 Å². The summed E-state index contributed by atoms with van der Waals surface area (Å²) < 4.78 is 5.29. The molecule has 18 heavy (non-hydrogen) atoms. The van der Waals surface area contributed by atoms with Crippen molar-refractivity contribution in [2.24, 2.45) is 5.92 Å². The van der Waals surface area contributed by atoms with Crippen molar-refractivity contribution < 1.29 is 9.84 Å². The smallest absolute Gasteiger partial charge is 0.204 e. The molecule has 0 aromatic carbocycles. The molecular formula is C12H22N4O2. The number of aliphatic hydroxyl groups excluding tert-OH is 1. The molecule has 0 spiro atoms. The van der Waals surface area contributed by atoms with Gasteiger partial charge < -0.3 is 20.5 Å². The summed E-state index contributed by atoms with van der Waals surface area (Å²) in [7, 11) is 1.57. The maximum atomic E-state index is 9.76. The van der Waals surface area contributed by atoms with E-state index < -0.39 is 6.10 Å². The first-order chi connectivity index (χ1) is 8.60. The quantitative estimate of drug-likeness (QED) is 0.681. The van der Waals surface area contributed by atoms with E-state index >= 15 is 0 Å². The average Bonchev–Trinajstić information content (AvgIpc) is 2.36. The van der Waals surface area contributed by atoms with Gasteiger partial charge in [-0.15, -0.1) is 0 Å². The molecule has 0 aliphatic rings. The molecule has 1 atom stereocenters. The van der Waals surface area contributed by atoms with Crippen molar-refractivity contribution in [3.8, 4) is 5.75 Å². The summed E-state index contributed by atoms with van der Waals surface area (Å²) in [6.07, 6.45) is 1.04. The summed E-state index contributed by atoms with van der Waals surface area (Å²) in [6, 6.07) is 0. The number of aromatic nitrogens is 2. The maximum absolute atomic E-state index is 9.76. The number of methoxy groups -OCH3 is 1. The van der Waals surface area contributed by atoms with Crippen molar-refractivity contribution >= 4 is 11.6 Å². The van der Waals surface area contributed by atoms with E-state index in [4.69, 9.17) is 4.74 Å². The summed E-state index contributed by atoms with van der Waals surface area (Å²) in [6.45, 7) is 7.09. The summed E-state index contributed by atoms with van der Waals surface area (Å²) >= 11 is 0. The third kappa shape index (κ3) is 3.73. The highest BCUT2D eigenvalue weighted by atomic mass is 16.5. The van der Waals surface area contributed by atoms with Crippen LogP contribution in [0.5, 0.6) is 5.75 Å². The molecule has 0 saturated carbocycles. The highest BCUT2D eigenvalue weighted by Gasteiger charge is 2.14. The Bertz CT molecular complexity index is 371. The monoisotopic (exact) mass is 254 g/mol. The lowest BCUT2D eigenvalue weighted by Crippen LogP contribution is -2.25. The molecule has 1 rings (SSSR count). The third-order valence-electron chi connectivity index (χ3n) is 2.60. The molecule has 0 aliphatic carbocycles. The fraction of sp³-hybridized carbons (Fsp3) is 0.667. The van der Waals surface area contributed by atoms with Gasteiger partial charge in [0.2, 0.25) is 5.75 Å². The number of aliphatic hydroxyl groups is 1. The van der Waals surface area contributed by atoms with E-state index in [2.05, 4.69) is 20.6 Å². The molecule has 0 aliphatic heterocycles. The van der Waals surface area contributed by atoms with Crippen LogP contribution in [0, 0.1) is 5.92 Å². The van der Waals surface area contributed by atoms with Crippen LogP contribution in [0.4, 0.5) is 11.6 Å². The Morgan fingerprint density at radius 2 is 1.89 bits per heavy atom. The molecule has 6 nitrogen and oxygen atoms in total. The minimum atomic E-state index is -0.424. The van der Waals surface area contributed by atoms with Gasteiger partial charge in [-0.05, 0) is 12.8 Å². The first-order valence-electron chi connectivity index (χ1n) is 6.14. The molecule has 0 fully saturated rings. The number of nitrogens with one attached hydrogen (secondary N) is 2. The fourth-order valence-electron chi connectivity index (χ4n) is 1.42. The van der Waals surface area contributed by atoms with E-state index in [-0.39, 0.29) is 5.92 Å². The predicted molar refractivity (Wildman–Crippen MR) is 72.1 cm³/mol. The van der Waals surface area contributed by atoms with Gasteiger partial charge in [-0.3, -0.25) is 0 Å². The molecule has 1 aromatic heterocycles. The van der Waals surface area contributed by atoms with Gasteiger partial charge in [0, 0.05) is 13.1 Å². The lowest BCUT2D eigenvalue weighted by atomic mass is 10.1. The molecular weight excluding hydrogens is 232 g/mol. The molecule has 1 unspecified atom stereocenters. The first kappa shape index (κ1) is 14.5. The van der Waals surface area contributed by atoms with Crippen LogP contribution in [0.3, 0.4) is 0 Å². The number of ether oxygens (including phenoxy) is 1. The Kier molecular flexibility index (Phi) is 5.64. The van der Waals surface area contributed by atoms with Crippen molar-refractivity contribution in [3.63, 3.8) is 0 Å². The van der Waals surface area contributed by atoms with Gasteiger partial charge in [0.05, 0.1) is 13.2 Å². The molecule has 0 saturated heterocycles. The second-order valence-electron chi connectivity index (χ2n) is 4.33. The highest BCUT2D eigenvalue weighted by Crippen LogP contribution is 2.28. The zero-order chi connectivity index (χ0) is 13.5.